The molecule has 0 bridgehead atoms. The molecule has 0 spiro atoms. The first kappa shape index (κ1) is 15.2. The topological polar surface area (TPSA) is 21.7 Å². The van der Waals surface area contributed by atoms with Gasteiger partial charge in [0.2, 0.25) is 0 Å². The van der Waals surface area contributed by atoms with Gasteiger partial charge in [-0.1, -0.05) is 41.9 Å². The maximum absolute atomic E-state index is 6.09. The van der Waals surface area contributed by atoms with Crippen LogP contribution in [0, 0.1) is 0 Å². The number of hydrogen-bond acceptors (Lipinski definition) is 3. The SMILES string of the molecule is CN1CC[C@@H](Oc2ccc(Cl)cc2OCc2ccccc2)C1. The van der Waals surface area contributed by atoms with E-state index in [9.17, 15) is 0 Å². The van der Waals surface area contributed by atoms with Gasteiger partial charge in [0.05, 0.1) is 0 Å². The maximum Gasteiger partial charge on any atom is 0.163 e. The molecule has 1 aliphatic heterocycles. The lowest BCUT2D eigenvalue weighted by molar-refractivity contribution is 0.192. The third-order valence-corrected chi connectivity index (χ3v) is 4.02. The molecule has 1 fully saturated rings. The summed E-state index contributed by atoms with van der Waals surface area (Å²) in [7, 11) is 2.11. The van der Waals surface area contributed by atoms with Crippen molar-refractivity contribution in [2.75, 3.05) is 20.1 Å². The van der Waals surface area contributed by atoms with Crippen molar-refractivity contribution >= 4 is 11.6 Å². The molecule has 3 rings (SSSR count). The lowest BCUT2D eigenvalue weighted by Gasteiger charge is -2.17. The summed E-state index contributed by atoms with van der Waals surface area (Å²) in [5.74, 6) is 1.46. The minimum atomic E-state index is 0.213. The van der Waals surface area contributed by atoms with Gasteiger partial charge in [-0.25, -0.2) is 0 Å². The Kier molecular flexibility index (Phi) is 4.86. The molecular formula is C18H20ClNO2. The number of benzene rings is 2. The fourth-order valence-corrected chi connectivity index (χ4v) is 2.76. The zero-order valence-electron chi connectivity index (χ0n) is 12.7. The van der Waals surface area contributed by atoms with Crippen LogP contribution in [0.25, 0.3) is 0 Å². The number of hydrogen-bond donors (Lipinski definition) is 0. The first-order valence-electron chi connectivity index (χ1n) is 7.52. The third-order valence-electron chi connectivity index (χ3n) is 3.78. The van der Waals surface area contributed by atoms with Crippen LogP contribution in [-0.4, -0.2) is 31.1 Å². The molecule has 1 aliphatic rings. The average molecular weight is 318 g/mol. The Balaban J connectivity index is 1.70. The second-order valence-electron chi connectivity index (χ2n) is 5.66. The Hall–Kier alpha value is -1.71. The molecule has 1 saturated heterocycles. The Bertz CT molecular complexity index is 618. The van der Waals surface area contributed by atoms with Gasteiger partial charge >= 0.3 is 0 Å². The van der Waals surface area contributed by atoms with Crippen LogP contribution in [0.15, 0.2) is 48.5 Å². The van der Waals surface area contributed by atoms with Gasteiger partial charge in [0.25, 0.3) is 0 Å². The summed E-state index contributed by atoms with van der Waals surface area (Å²) in [5.41, 5.74) is 1.12. The van der Waals surface area contributed by atoms with Crippen molar-refractivity contribution in [1.29, 1.82) is 0 Å². The van der Waals surface area contributed by atoms with Crippen molar-refractivity contribution in [1.82, 2.24) is 4.90 Å². The van der Waals surface area contributed by atoms with E-state index in [0.717, 1.165) is 30.8 Å². The molecule has 4 heteroatoms. The number of nitrogens with zero attached hydrogens (tertiary/aromatic N) is 1. The van der Waals surface area contributed by atoms with E-state index in [0.29, 0.717) is 17.4 Å². The molecular weight excluding hydrogens is 298 g/mol. The summed E-state index contributed by atoms with van der Waals surface area (Å²) in [5, 5.41) is 0.652. The quantitative estimate of drug-likeness (QED) is 0.832. The van der Waals surface area contributed by atoms with Gasteiger partial charge in [-0.2, -0.15) is 0 Å². The highest BCUT2D eigenvalue weighted by atomic mass is 35.5. The van der Waals surface area contributed by atoms with Gasteiger partial charge in [-0.05, 0) is 31.2 Å². The molecule has 3 nitrogen and oxygen atoms in total. The van der Waals surface area contributed by atoms with Crippen LogP contribution < -0.4 is 9.47 Å². The van der Waals surface area contributed by atoms with Crippen LogP contribution in [0.5, 0.6) is 11.5 Å². The van der Waals surface area contributed by atoms with Crippen LogP contribution in [0.4, 0.5) is 0 Å². The van der Waals surface area contributed by atoms with Crippen molar-refractivity contribution in [2.45, 2.75) is 19.1 Å². The van der Waals surface area contributed by atoms with Gasteiger partial charge in [-0.3, -0.25) is 0 Å². The lowest BCUT2D eigenvalue weighted by atomic mass is 10.2. The first-order valence-corrected chi connectivity index (χ1v) is 7.90. The molecule has 2 aromatic carbocycles. The maximum atomic E-state index is 6.09. The molecule has 0 aromatic heterocycles. The van der Waals surface area contributed by atoms with Gasteiger partial charge in [0.15, 0.2) is 11.5 Å². The molecule has 0 radical (unpaired) electrons. The van der Waals surface area contributed by atoms with Crippen LogP contribution in [0.3, 0.4) is 0 Å². The first-order chi connectivity index (χ1) is 10.7. The Morgan fingerprint density at radius 2 is 1.95 bits per heavy atom. The van der Waals surface area contributed by atoms with E-state index in [-0.39, 0.29) is 6.10 Å². The normalized spacial score (nSPS) is 18.4. The molecule has 0 N–H and O–H groups in total. The summed E-state index contributed by atoms with van der Waals surface area (Å²) < 4.78 is 12.0. The number of likely N-dealkylation sites (N-methyl/N-ethyl adjacent to an activating group) is 1. The molecule has 0 unspecified atom stereocenters. The van der Waals surface area contributed by atoms with Crippen LogP contribution in [-0.2, 0) is 6.61 Å². The monoisotopic (exact) mass is 317 g/mol. The highest BCUT2D eigenvalue weighted by molar-refractivity contribution is 6.30. The summed E-state index contributed by atoms with van der Waals surface area (Å²) in [4.78, 5) is 2.27. The van der Waals surface area contributed by atoms with Crippen molar-refractivity contribution in [3.8, 4) is 11.5 Å². The second kappa shape index (κ2) is 7.03. The minimum Gasteiger partial charge on any atom is -0.485 e. The number of ether oxygens (including phenoxy) is 2. The van der Waals surface area contributed by atoms with Crippen molar-refractivity contribution < 1.29 is 9.47 Å². The van der Waals surface area contributed by atoms with E-state index < -0.39 is 0 Å². The average Bonchev–Trinajstić information content (AvgIpc) is 2.94. The summed E-state index contributed by atoms with van der Waals surface area (Å²) >= 11 is 6.09. The zero-order valence-corrected chi connectivity index (χ0v) is 13.4. The van der Waals surface area contributed by atoms with Gasteiger partial charge in [0, 0.05) is 24.2 Å². The zero-order chi connectivity index (χ0) is 15.4. The van der Waals surface area contributed by atoms with E-state index in [1.54, 1.807) is 0 Å². The van der Waals surface area contributed by atoms with Gasteiger partial charge in [-0.15, -0.1) is 0 Å². The smallest absolute Gasteiger partial charge is 0.163 e. The Morgan fingerprint density at radius 1 is 1.14 bits per heavy atom. The van der Waals surface area contributed by atoms with Crippen molar-refractivity contribution in [3.05, 3.63) is 59.1 Å². The van der Waals surface area contributed by atoms with Gasteiger partial charge in [0.1, 0.15) is 12.7 Å². The number of rotatable bonds is 5. The number of likely N-dealkylation sites (tertiary alicyclic amines) is 1. The highest BCUT2D eigenvalue weighted by Crippen LogP contribution is 2.32. The summed E-state index contributed by atoms with van der Waals surface area (Å²) in [6.07, 6.45) is 1.25. The molecule has 1 heterocycles. The predicted octanol–water partition coefficient (Wildman–Crippen LogP) is 4.00. The molecule has 1 atom stereocenters. The van der Waals surface area contributed by atoms with E-state index >= 15 is 0 Å². The van der Waals surface area contributed by atoms with E-state index in [1.165, 1.54) is 0 Å². The largest absolute Gasteiger partial charge is 0.485 e. The van der Waals surface area contributed by atoms with E-state index in [4.69, 9.17) is 21.1 Å². The molecule has 2 aromatic rings. The van der Waals surface area contributed by atoms with Crippen LogP contribution >= 0.6 is 11.6 Å². The van der Waals surface area contributed by atoms with E-state index in [2.05, 4.69) is 11.9 Å². The summed E-state index contributed by atoms with van der Waals surface area (Å²) in [6, 6.07) is 15.6. The van der Waals surface area contributed by atoms with Crippen LogP contribution in [0.2, 0.25) is 5.02 Å². The second-order valence-corrected chi connectivity index (χ2v) is 6.09. The Labute approximate surface area is 136 Å². The molecule has 0 amide bonds. The Morgan fingerprint density at radius 3 is 2.68 bits per heavy atom. The van der Waals surface area contributed by atoms with Gasteiger partial charge < -0.3 is 14.4 Å². The van der Waals surface area contributed by atoms with E-state index in [1.807, 2.05) is 48.5 Å². The van der Waals surface area contributed by atoms with Crippen molar-refractivity contribution in [2.24, 2.45) is 0 Å². The lowest BCUT2D eigenvalue weighted by Crippen LogP contribution is -2.21. The predicted molar refractivity (Wildman–Crippen MR) is 88.8 cm³/mol. The summed E-state index contributed by atoms with van der Waals surface area (Å²) in [6.45, 7) is 2.52. The number of halogens is 1. The fourth-order valence-electron chi connectivity index (χ4n) is 2.60. The standard InChI is InChI=1S/C18H20ClNO2/c1-20-10-9-16(12-20)22-17-8-7-15(19)11-18(17)21-13-14-5-3-2-4-6-14/h2-8,11,16H,9-10,12-13H2,1H3/t16-/m1/s1. The fraction of sp³-hybridized carbons (Fsp3) is 0.333. The highest BCUT2D eigenvalue weighted by Gasteiger charge is 2.22. The molecule has 22 heavy (non-hydrogen) atoms. The minimum absolute atomic E-state index is 0.213. The molecule has 0 saturated carbocycles. The third kappa shape index (κ3) is 3.93. The molecule has 0 aliphatic carbocycles. The van der Waals surface area contributed by atoms with Crippen LogP contribution in [0.1, 0.15) is 12.0 Å². The van der Waals surface area contributed by atoms with Crippen molar-refractivity contribution in [3.63, 3.8) is 0 Å². The molecule has 116 valence electrons.